The molecule has 2 heterocycles. The first-order valence-electron chi connectivity index (χ1n) is 7.03. The molecule has 0 aliphatic carbocycles. The Morgan fingerprint density at radius 2 is 1.77 bits per heavy atom. The van der Waals surface area contributed by atoms with E-state index in [1.807, 2.05) is 49.5 Å². The maximum Gasteiger partial charge on any atom is 0.257 e. The van der Waals surface area contributed by atoms with Gasteiger partial charge in [-0.15, -0.1) is 0 Å². The fourth-order valence-corrected chi connectivity index (χ4v) is 2.63. The lowest BCUT2D eigenvalue weighted by Crippen LogP contribution is -2.10. The van der Waals surface area contributed by atoms with Crippen LogP contribution in [0.1, 0.15) is 15.9 Å². The predicted molar refractivity (Wildman–Crippen MR) is 86.4 cm³/mol. The zero-order valence-corrected chi connectivity index (χ0v) is 12.0. The number of anilines is 3. The second-order valence-corrected chi connectivity index (χ2v) is 5.38. The van der Waals surface area contributed by atoms with E-state index in [9.17, 15) is 4.79 Å². The Balaban J connectivity index is 1.82. The summed E-state index contributed by atoms with van der Waals surface area (Å²) in [4.78, 5) is 12.5. The number of amides is 1. The van der Waals surface area contributed by atoms with E-state index in [2.05, 4.69) is 20.8 Å². The van der Waals surface area contributed by atoms with Crippen LogP contribution >= 0.6 is 0 Å². The molecular weight excluding hydrogens is 276 g/mol. The molecule has 0 spiro atoms. The molecule has 1 aromatic heterocycles. The Morgan fingerprint density at radius 3 is 2.59 bits per heavy atom. The van der Waals surface area contributed by atoms with Crippen LogP contribution in [0.4, 0.5) is 17.1 Å². The summed E-state index contributed by atoms with van der Waals surface area (Å²) in [7, 11) is 0. The number of fused-ring (bicyclic) bond motifs is 2. The van der Waals surface area contributed by atoms with Crippen molar-refractivity contribution in [2.45, 2.75) is 6.92 Å². The average Bonchev–Trinajstić information content (AvgIpc) is 3.00. The molecule has 0 fully saturated rings. The van der Waals surface area contributed by atoms with Crippen molar-refractivity contribution in [3.05, 3.63) is 59.9 Å². The van der Waals surface area contributed by atoms with Crippen LogP contribution in [0.2, 0.25) is 0 Å². The Kier molecular flexibility index (Phi) is 2.72. The van der Waals surface area contributed by atoms with Crippen molar-refractivity contribution in [2.75, 3.05) is 10.6 Å². The predicted octanol–water partition coefficient (Wildman–Crippen LogP) is 3.69. The fraction of sp³-hybridized carbons (Fsp3) is 0.0588. The van der Waals surface area contributed by atoms with Crippen molar-refractivity contribution in [3.8, 4) is 11.1 Å². The molecule has 0 saturated carbocycles. The normalized spacial score (nSPS) is 12.7. The summed E-state index contributed by atoms with van der Waals surface area (Å²) in [6.45, 7) is 2.00. The van der Waals surface area contributed by atoms with E-state index in [0.717, 1.165) is 33.8 Å². The lowest BCUT2D eigenvalue weighted by Gasteiger charge is -2.09. The highest BCUT2D eigenvalue weighted by atomic mass is 16.1. The quantitative estimate of drug-likeness (QED) is 0.640. The first kappa shape index (κ1) is 12.6. The van der Waals surface area contributed by atoms with Crippen LogP contribution in [0, 0.1) is 6.92 Å². The third-order valence-electron chi connectivity index (χ3n) is 3.79. The lowest BCUT2D eigenvalue weighted by molar-refractivity contribution is 0.102. The van der Waals surface area contributed by atoms with Crippen LogP contribution in [0.5, 0.6) is 0 Å². The smallest absolute Gasteiger partial charge is 0.257 e. The van der Waals surface area contributed by atoms with Crippen LogP contribution in [-0.2, 0) is 0 Å². The van der Waals surface area contributed by atoms with Crippen molar-refractivity contribution in [2.24, 2.45) is 0 Å². The number of hydrogen-bond donors (Lipinski definition) is 3. The van der Waals surface area contributed by atoms with Gasteiger partial charge in [-0.3, -0.25) is 9.89 Å². The van der Waals surface area contributed by atoms with Crippen LogP contribution in [0.3, 0.4) is 0 Å². The van der Waals surface area contributed by atoms with E-state index in [4.69, 9.17) is 0 Å². The number of aromatic amines is 1. The molecule has 3 aromatic rings. The highest BCUT2D eigenvalue weighted by molar-refractivity contribution is 6.12. The molecule has 0 unspecified atom stereocenters. The Hall–Kier alpha value is -3.08. The minimum Gasteiger partial charge on any atom is -0.353 e. The van der Waals surface area contributed by atoms with Gasteiger partial charge in [0.1, 0.15) is 0 Å². The van der Waals surface area contributed by atoms with E-state index in [0.29, 0.717) is 5.56 Å². The van der Waals surface area contributed by atoms with Gasteiger partial charge in [0.05, 0.1) is 28.8 Å². The standard InChI is InChI=1S/C17H14N4O/c1-10-2-4-15-16(6-10)21-17(22)13-7-11(3-5-14(13)20-15)12-8-18-19-9-12/h2-9,20H,1H3,(H,18,19)(H,21,22). The topological polar surface area (TPSA) is 69.8 Å². The summed E-state index contributed by atoms with van der Waals surface area (Å²) in [5, 5.41) is 13.0. The summed E-state index contributed by atoms with van der Waals surface area (Å²) < 4.78 is 0. The van der Waals surface area contributed by atoms with Gasteiger partial charge in [0.2, 0.25) is 0 Å². The molecule has 1 aliphatic rings. The highest BCUT2D eigenvalue weighted by Crippen LogP contribution is 2.34. The Labute approximate surface area is 127 Å². The third kappa shape index (κ3) is 2.03. The van der Waals surface area contributed by atoms with Gasteiger partial charge in [-0.1, -0.05) is 12.1 Å². The SMILES string of the molecule is Cc1ccc2c(c1)NC(=O)c1cc(-c3cn[nH]c3)ccc1N2. The van der Waals surface area contributed by atoms with Crippen molar-refractivity contribution in [1.82, 2.24) is 10.2 Å². The molecule has 3 N–H and O–H groups in total. The Morgan fingerprint density at radius 1 is 0.909 bits per heavy atom. The van der Waals surface area contributed by atoms with Crippen LogP contribution in [-0.4, -0.2) is 16.1 Å². The van der Waals surface area contributed by atoms with Crippen molar-refractivity contribution < 1.29 is 4.79 Å². The number of nitrogens with zero attached hydrogens (tertiary/aromatic N) is 1. The van der Waals surface area contributed by atoms with Gasteiger partial charge < -0.3 is 10.6 Å². The largest absolute Gasteiger partial charge is 0.353 e. The lowest BCUT2D eigenvalue weighted by atomic mass is 10.0. The summed E-state index contributed by atoms with van der Waals surface area (Å²) in [6.07, 6.45) is 3.55. The number of H-pyrrole nitrogens is 1. The van der Waals surface area contributed by atoms with E-state index < -0.39 is 0 Å². The minimum absolute atomic E-state index is 0.114. The number of benzene rings is 2. The molecule has 1 amide bonds. The number of hydrogen-bond acceptors (Lipinski definition) is 3. The van der Waals surface area contributed by atoms with Gasteiger partial charge in [-0.25, -0.2) is 0 Å². The fourth-order valence-electron chi connectivity index (χ4n) is 2.63. The molecule has 0 atom stereocenters. The molecule has 5 nitrogen and oxygen atoms in total. The monoisotopic (exact) mass is 290 g/mol. The molecule has 4 rings (SSSR count). The summed E-state index contributed by atoms with van der Waals surface area (Å²) in [5.41, 5.74) is 6.12. The number of carbonyl (C=O) groups is 1. The van der Waals surface area contributed by atoms with Gasteiger partial charge in [0.25, 0.3) is 5.91 Å². The van der Waals surface area contributed by atoms with Gasteiger partial charge in [-0.05, 0) is 42.3 Å². The molecule has 5 heteroatoms. The van der Waals surface area contributed by atoms with Gasteiger partial charge in [-0.2, -0.15) is 5.10 Å². The number of aryl methyl sites for hydroxylation is 1. The first-order valence-corrected chi connectivity index (χ1v) is 7.03. The summed E-state index contributed by atoms with van der Waals surface area (Å²) in [5.74, 6) is -0.114. The molecule has 0 radical (unpaired) electrons. The maximum atomic E-state index is 12.5. The molecule has 22 heavy (non-hydrogen) atoms. The Bertz CT molecular complexity index is 868. The summed E-state index contributed by atoms with van der Waals surface area (Å²) in [6, 6.07) is 11.7. The molecule has 108 valence electrons. The average molecular weight is 290 g/mol. The van der Waals surface area contributed by atoms with Gasteiger partial charge >= 0.3 is 0 Å². The van der Waals surface area contributed by atoms with Crippen molar-refractivity contribution in [3.63, 3.8) is 0 Å². The molecule has 1 aliphatic heterocycles. The number of rotatable bonds is 1. The van der Waals surface area contributed by atoms with Gasteiger partial charge in [0.15, 0.2) is 0 Å². The van der Waals surface area contributed by atoms with Crippen LogP contribution in [0.25, 0.3) is 11.1 Å². The zero-order valence-electron chi connectivity index (χ0n) is 12.0. The van der Waals surface area contributed by atoms with Gasteiger partial charge in [0, 0.05) is 11.8 Å². The highest BCUT2D eigenvalue weighted by Gasteiger charge is 2.19. The second-order valence-electron chi connectivity index (χ2n) is 5.38. The maximum absolute atomic E-state index is 12.5. The van der Waals surface area contributed by atoms with E-state index in [-0.39, 0.29) is 5.91 Å². The molecular formula is C17H14N4O. The van der Waals surface area contributed by atoms with E-state index in [1.165, 1.54) is 0 Å². The molecule has 0 saturated heterocycles. The van der Waals surface area contributed by atoms with E-state index >= 15 is 0 Å². The van der Waals surface area contributed by atoms with Crippen molar-refractivity contribution in [1.29, 1.82) is 0 Å². The second kappa shape index (κ2) is 4.73. The van der Waals surface area contributed by atoms with Crippen molar-refractivity contribution >= 4 is 23.0 Å². The number of nitrogens with one attached hydrogen (secondary N) is 3. The first-order chi connectivity index (χ1) is 10.7. The third-order valence-corrected chi connectivity index (χ3v) is 3.79. The van der Waals surface area contributed by atoms with Crippen LogP contribution < -0.4 is 10.6 Å². The summed E-state index contributed by atoms with van der Waals surface area (Å²) >= 11 is 0. The minimum atomic E-state index is -0.114. The number of aromatic nitrogens is 2. The van der Waals surface area contributed by atoms with Crippen LogP contribution in [0.15, 0.2) is 48.8 Å². The molecule has 0 bridgehead atoms. The van der Waals surface area contributed by atoms with E-state index in [1.54, 1.807) is 6.20 Å². The number of carbonyl (C=O) groups excluding carboxylic acids is 1. The zero-order chi connectivity index (χ0) is 15.1. The molecule has 2 aromatic carbocycles.